The van der Waals surface area contributed by atoms with Gasteiger partial charge in [-0.15, -0.1) is 0 Å². The minimum atomic E-state index is -4.56. The van der Waals surface area contributed by atoms with E-state index in [1.165, 1.54) is 35.2 Å². The van der Waals surface area contributed by atoms with Crippen molar-refractivity contribution in [3.63, 3.8) is 0 Å². The highest BCUT2D eigenvalue weighted by Crippen LogP contribution is 2.38. The van der Waals surface area contributed by atoms with Crippen LogP contribution in [0.15, 0.2) is 78.9 Å². The van der Waals surface area contributed by atoms with Gasteiger partial charge in [0.25, 0.3) is 0 Å². The van der Waals surface area contributed by atoms with Gasteiger partial charge in [0.15, 0.2) is 0 Å². The van der Waals surface area contributed by atoms with Gasteiger partial charge in [-0.2, -0.15) is 13.2 Å². The molecule has 2 atom stereocenters. The van der Waals surface area contributed by atoms with Crippen molar-refractivity contribution in [2.75, 3.05) is 11.9 Å². The van der Waals surface area contributed by atoms with E-state index >= 15 is 0 Å². The molecule has 3 aromatic rings. The summed E-state index contributed by atoms with van der Waals surface area (Å²) in [4.78, 5) is 27.8. The Balaban J connectivity index is 1.67. The van der Waals surface area contributed by atoms with Gasteiger partial charge in [0.2, 0.25) is 11.8 Å². The number of carbonyl (C=O) groups is 2. The van der Waals surface area contributed by atoms with Crippen molar-refractivity contribution >= 4 is 17.5 Å². The van der Waals surface area contributed by atoms with Crippen LogP contribution in [0.3, 0.4) is 0 Å². The first-order valence-electron chi connectivity index (χ1n) is 10.3. The van der Waals surface area contributed by atoms with Crippen molar-refractivity contribution in [3.8, 4) is 0 Å². The number of rotatable bonds is 5. The largest absolute Gasteiger partial charge is 0.416 e. The molecule has 1 saturated heterocycles. The van der Waals surface area contributed by atoms with Gasteiger partial charge >= 0.3 is 6.18 Å². The van der Waals surface area contributed by atoms with E-state index in [9.17, 15) is 27.2 Å². The fourth-order valence-electron chi connectivity index (χ4n) is 4.06. The lowest BCUT2D eigenvalue weighted by atomic mass is 9.87. The van der Waals surface area contributed by atoms with E-state index in [2.05, 4.69) is 5.32 Å². The van der Waals surface area contributed by atoms with Crippen LogP contribution in [0.25, 0.3) is 0 Å². The van der Waals surface area contributed by atoms with E-state index in [1.807, 2.05) is 30.3 Å². The summed E-state index contributed by atoms with van der Waals surface area (Å²) >= 11 is 0. The average molecular weight is 456 g/mol. The highest BCUT2D eigenvalue weighted by atomic mass is 19.4. The molecule has 0 saturated carbocycles. The minimum absolute atomic E-state index is 0.0599. The summed E-state index contributed by atoms with van der Waals surface area (Å²) in [6.45, 7) is 0.267. The molecule has 8 heteroatoms. The third-order valence-corrected chi connectivity index (χ3v) is 5.67. The summed E-state index contributed by atoms with van der Waals surface area (Å²) in [6, 6.07) is 19.2. The fourth-order valence-corrected chi connectivity index (χ4v) is 4.06. The number of hydrogen-bond donors (Lipinski definition) is 1. The van der Waals surface area contributed by atoms with E-state index in [-0.39, 0.29) is 24.3 Å². The molecule has 0 aromatic heterocycles. The quantitative estimate of drug-likeness (QED) is 0.423. The van der Waals surface area contributed by atoms with Gasteiger partial charge < -0.3 is 10.2 Å². The third-order valence-electron chi connectivity index (χ3n) is 5.67. The predicted octanol–water partition coefficient (Wildman–Crippen LogP) is 5.23. The van der Waals surface area contributed by atoms with Crippen LogP contribution < -0.4 is 5.32 Å². The minimum Gasteiger partial charge on any atom is -0.337 e. The second-order valence-electron chi connectivity index (χ2n) is 7.88. The van der Waals surface area contributed by atoms with Crippen molar-refractivity contribution in [1.29, 1.82) is 0 Å². The molecule has 170 valence electrons. The highest BCUT2D eigenvalue weighted by Gasteiger charge is 2.46. The molecule has 0 aliphatic carbocycles. The van der Waals surface area contributed by atoms with Crippen LogP contribution >= 0.6 is 0 Å². The van der Waals surface area contributed by atoms with Gasteiger partial charge in [-0.3, -0.25) is 9.59 Å². The number of carbonyl (C=O) groups excluding carboxylic acids is 2. The van der Waals surface area contributed by atoms with Crippen LogP contribution in [0, 0.1) is 11.7 Å². The van der Waals surface area contributed by atoms with Crippen molar-refractivity contribution in [2.24, 2.45) is 5.92 Å². The summed E-state index contributed by atoms with van der Waals surface area (Å²) in [5.74, 6) is -4.07. The van der Waals surface area contributed by atoms with Crippen LogP contribution in [0.2, 0.25) is 0 Å². The molecule has 0 bridgehead atoms. The number of alkyl halides is 3. The fraction of sp³-hybridized carbons (Fsp3) is 0.200. The Bertz CT molecular complexity index is 1160. The molecule has 4 nitrogen and oxygen atoms in total. The molecule has 2 unspecified atom stereocenters. The zero-order valence-electron chi connectivity index (χ0n) is 17.4. The lowest BCUT2D eigenvalue weighted by Crippen LogP contribution is -2.34. The van der Waals surface area contributed by atoms with E-state index in [0.29, 0.717) is 0 Å². The van der Waals surface area contributed by atoms with Crippen LogP contribution in [0.1, 0.15) is 22.6 Å². The first-order valence-corrected chi connectivity index (χ1v) is 10.3. The number of para-hydroxylation sites is 1. The van der Waals surface area contributed by atoms with E-state index < -0.39 is 41.2 Å². The normalized spacial score (nSPS) is 18.4. The zero-order valence-corrected chi connectivity index (χ0v) is 17.4. The molecule has 4 rings (SSSR count). The molecule has 33 heavy (non-hydrogen) atoms. The van der Waals surface area contributed by atoms with Crippen LogP contribution in [-0.2, 0) is 22.3 Å². The lowest BCUT2D eigenvalue weighted by molar-refractivity contribution is -0.138. The molecule has 1 fully saturated rings. The predicted molar refractivity (Wildman–Crippen MR) is 115 cm³/mol. The van der Waals surface area contributed by atoms with Crippen molar-refractivity contribution in [1.82, 2.24) is 4.90 Å². The maximum absolute atomic E-state index is 14.1. The van der Waals surface area contributed by atoms with E-state index in [4.69, 9.17) is 0 Å². The van der Waals surface area contributed by atoms with E-state index in [1.54, 1.807) is 0 Å². The molecule has 1 aliphatic heterocycles. The second-order valence-corrected chi connectivity index (χ2v) is 7.88. The van der Waals surface area contributed by atoms with Crippen LogP contribution in [0.4, 0.5) is 23.2 Å². The number of nitrogens with zero attached hydrogens (tertiary/aromatic N) is 1. The van der Waals surface area contributed by atoms with Gasteiger partial charge in [-0.1, -0.05) is 60.7 Å². The topological polar surface area (TPSA) is 49.4 Å². The number of halogens is 4. The summed E-state index contributed by atoms with van der Waals surface area (Å²) < 4.78 is 53.9. The summed E-state index contributed by atoms with van der Waals surface area (Å²) in [6.07, 6.45) is -4.56. The monoisotopic (exact) mass is 456 g/mol. The molecule has 1 heterocycles. The third kappa shape index (κ3) is 4.89. The molecular weight excluding hydrogens is 436 g/mol. The highest BCUT2D eigenvalue weighted by molar-refractivity contribution is 6.08. The lowest BCUT2D eigenvalue weighted by Gasteiger charge is -2.18. The van der Waals surface area contributed by atoms with E-state index in [0.717, 1.165) is 23.8 Å². The number of nitrogens with one attached hydrogen (secondary N) is 1. The van der Waals surface area contributed by atoms with Gasteiger partial charge in [0.05, 0.1) is 11.3 Å². The van der Waals surface area contributed by atoms with Crippen LogP contribution in [-0.4, -0.2) is 23.3 Å². The second kappa shape index (κ2) is 9.05. The maximum atomic E-state index is 14.1. The Morgan fingerprint density at radius 3 is 2.36 bits per heavy atom. The molecule has 0 radical (unpaired) electrons. The molecule has 1 aliphatic rings. The van der Waals surface area contributed by atoms with Crippen molar-refractivity contribution in [3.05, 3.63) is 101 Å². The standard InChI is InChI=1S/C25H20F4N2O2/c26-20-11-4-5-12-21(20)30-23(32)22-19(17-9-6-10-18(13-17)25(27,28)29)15-31(24(22)33)14-16-7-2-1-3-8-16/h1-13,19,22H,14-15H2,(H,30,32). The van der Waals surface area contributed by atoms with Gasteiger partial charge in [-0.25, -0.2) is 4.39 Å². The Morgan fingerprint density at radius 2 is 1.67 bits per heavy atom. The van der Waals surface area contributed by atoms with Gasteiger partial charge in [-0.05, 0) is 29.3 Å². The SMILES string of the molecule is O=C(Nc1ccccc1F)C1C(=O)N(Cc2ccccc2)CC1c1cccc(C(F)(F)F)c1. The average Bonchev–Trinajstić information content (AvgIpc) is 3.11. The maximum Gasteiger partial charge on any atom is 0.416 e. The summed E-state index contributed by atoms with van der Waals surface area (Å²) in [5, 5.41) is 2.43. The molecule has 2 amide bonds. The Morgan fingerprint density at radius 1 is 0.970 bits per heavy atom. The molecule has 3 aromatic carbocycles. The number of hydrogen-bond acceptors (Lipinski definition) is 2. The number of anilines is 1. The Labute approximate surface area is 187 Å². The number of benzene rings is 3. The smallest absolute Gasteiger partial charge is 0.337 e. The summed E-state index contributed by atoms with van der Waals surface area (Å²) in [7, 11) is 0. The van der Waals surface area contributed by atoms with Gasteiger partial charge in [0.1, 0.15) is 11.7 Å². The van der Waals surface area contributed by atoms with Crippen molar-refractivity contribution < 1.29 is 27.2 Å². The summed E-state index contributed by atoms with van der Waals surface area (Å²) in [5.41, 5.74) is 0.0908. The first-order chi connectivity index (χ1) is 15.7. The van der Waals surface area contributed by atoms with Crippen molar-refractivity contribution in [2.45, 2.75) is 18.6 Å². The molecule has 0 spiro atoms. The first kappa shape index (κ1) is 22.5. The zero-order chi connectivity index (χ0) is 23.6. The van der Waals surface area contributed by atoms with Crippen LogP contribution in [0.5, 0.6) is 0 Å². The molecule has 1 N–H and O–H groups in total. The molecular formula is C25H20F4N2O2. The van der Waals surface area contributed by atoms with Gasteiger partial charge in [0, 0.05) is 19.0 Å². The number of likely N-dealkylation sites (tertiary alicyclic amines) is 1. The Hall–Kier alpha value is -3.68. The Kier molecular flexibility index (Phi) is 6.18. The number of amides is 2.